The van der Waals surface area contributed by atoms with Crippen molar-refractivity contribution in [2.75, 3.05) is 13.1 Å². The van der Waals surface area contributed by atoms with Crippen LogP contribution in [-0.2, 0) is 11.3 Å². The molecule has 0 unspecified atom stereocenters. The average Bonchev–Trinajstić information content (AvgIpc) is 3.55. The van der Waals surface area contributed by atoms with Gasteiger partial charge in [0.1, 0.15) is 5.82 Å². The van der Waals surface area contributed by atoms with E-state index in [2.05, 4.69) is 15.2 Å². The molecule has 0 radical (unpaired) electrons. The second-order valence-corrected chi connectivity index (χ2v) is 7.72. The summed E-state index contributed by atoms with van der Waals surface area (Å²) in [5, 5.41) is 3.26. The second-order valence-electron chi connectivity index (χ2n) is 7.72. The van der Waals surface area contributed by atoms with Crippen LogP contribution in [0.15, 0.2) is 48.7 Å². The van der Waals surface area contributed by atoms with Crippen molar-refractivity contribution in [2.24, 2.45) is 11.8 Å². The molecule has 4 rings (SSSR count). The van der Waals surface area contributed by atoms with E-state index in [1.807, 2.05) is 30.3 Å². The summed E-state index contributed by atoms with van der Waals surface area (Å²) in [7, 11) is 0. The van der Waals surface area contributed by atoms with Crippen LogP contribution in [0.2, 0.25) is 0 Å². The number of piperidine rings is 1. The van der Waals surface area contributed by atoms with Gasteiger partial charge in [-0.1, -0.05) is 24.3 Å². The Labute approximate surface area is 159 Å². The molecule has 5 heteroatoms. The van der Waals surface area contributed by atoms with Crippen LogP contribution in [0, 0.1) is 17.7 Å². The molecule has 4 nitrogen and oxygen atoms in total. The number of likely N-dealkylation sites (tertiary alicyclic amines) is 1. The zero-order valence-electron chi connectivity index (χ0n) is 15.5. The smallest absolute Gasteiger partial charge is 0.223 e. The fraction of sp³-hybridized carbons (Fsp3) is 0.455. The fourth-order valence-corrected chi connectivity index (χ4v) is 3.92. The Hall–Kier alpha value is -2.27. The number of hydrogen-bond acceptors (Lipinski definition) is 3. The molecule has 0 spiro atoms. The van der Waals surface area contributed by atoms with Crippen molar-refractivity contribution in [3.63, 3.8) is 0 Å². The van der Waals surface area contributed by atoms with E-state index in [0.29, 0.717) is 12.5 Å². The summed E-state index contributed by atoms with van der Waals surface area (Å²) in [6, 6.07) is 12.8. The summed E-state index contributed by atoms with van der Waals surface area (Å²) in [4.78, 5) is 19.2. The largest absolute Gasteiger partial charge is 0.347 e. The maximum absolute atomic E-state index is 13.9. The molecule has 2 heterocycles. The summed E-state index contributed by atoms with van der Waals surface area (Å²) in [6.07, 6.45) is 5.74. The monoisotopic (exact) mass is 367 g/mol. The van der Waals surface area contributed by atoms with Crippen LogP contribution in [-0.4, -0.2) is 28.9 Å². The summed E-state index contributed by atoms with van der Waals surface area (Å²) >= 11 is 0. The summed E-state index contributed by atoms with van der Waals surface area (Å²) in [6.45, 7) is 2.45. The van der Waals surface area contributed by atoms with Crippen LogP contribution in [0.1, 0.15) is 43.0 Å². The molecule has 1 N–H and O–H groups in total. The Balaban J connectivity index is 1.40. The number of nitrogens with zero attached hydrogens (tertiary/aromatic N) is 2. The molecular weight excluding hydrogens is 341 g/mol. The first kappa shape index (κ1) is 18.1. The summed E-state index contributed by atoms with van der Waals surface area (Å²) < 4.78 is 13.9. The van der Waals surface area contributed by atoms with Crippen LogP contribution in [0.4, 0.5) is 4.39 Å². The van der Waals surface area contributed by atoms with E-state index in [9.17, 15) is 9.18 Å². The van der Waals surface area contributed by atoms with E-state index in [0.717, 1.165) is 50.0 Å². The molecule has 1 aliphatic heterocycles. The lowest BCUT2D eigenvalue weighted by molar-refractivity contribution is -0.123. The molecule has 142 valence electrons. The van der Waals surface area contributed by atoms with E-state index in [4.69, 9.17) is 0 Å². The first-order chi connectivity index (χ1) is 13.2. The highest BCUT2D eigenvalue weighted by atomic mass is 19.1. The molecular formula is C22H26FN3O. The van der Waals surface area contributed by atoms with E-state index >= 15 is 0 Å². The molecule has 1 atom stereocenters. The number of benzene rings is 1. The van der Waals surface area contributed by atoms with Crippen molar-refractivity contribution in [3.8, 4) is 0 Å². The number of amides is 1. The predicted molar refractivity (Wildman–Crippen MR) is 102 cm³/mol. The number of aromatic nitrogens is 1. The highest BCUT2D eigenvalue weighted by Crippen LogP contribution is 2.34. The molecule has 2 aromatic rings. The van der Waals surface area contributed by atoms with Crippen LogP contribution >= 0.6 is 0 Å². The lowest BCUT2D eigenvalue weighted by Gasteiger charge is -2.36. The number of halogens is 1. The zero-order chi connectivity index (χ0) is 18.6. The van der Waals surface area contributed by atoms with Gasteiger partial charge < -0.3 is 5.32 Å². The summed E-state index contributed by atoms with van der Waals surface area (Å²) in [5.74, 6) is 0.582. The number of carbonyl (C=O) groups is 1. The molecule has 1 aromatic heterocycles. The van der Waals surface area contributed by atoms with Gasteiger partial charge >= 0.3 is 0 Å². The lowest BCUT2D eigenvalue weighted by atomic mass is 9.87. The summed E-state index contributed by atoms with van der Waals surface area (Å²) in [5.41, 5.74) is 1.69. The van der Waals surface area contributed by atoms with Crippen molar-refractivity contribution < 1.29 is 9.18 Å². The maximum atomic E-state index is 13.9. The van der Waals surface area contributed by atoms with Gasteiger partial charge in [0, 0.05) is 24.2 Å². The van der Waals surface area contributed by atoms with Gasteiger partial charge in [-0.2, -0.15) is 0 Å². The maximum Gasteiger partial charge on any atom is 0.223 e. The van der Waals surface area contributed by atoms with E-state index in [1.165, 1.54) is 6.07 Å². The van der Waals surface area contributed by atoms with Crippen LogP contribution in [0.3, 0.4) is 0 Å². The van der Waals surface area contributed by atoms with Gasteiger partial charge in [0.05, 0.1) is 11.7 Å². The lowest BCUT2D eigenvalue weighted by Crippen LogP contribution is -2.41. The molecule has 1 saturated heterocycles. The number of nitrogens with one attached hydrogen (secondary N) is 1. The van der Waals surface area contributed by atoms with Crippen LogP contribution in [0.5, 0.6) is 0 Å². The predicted octanol–water partition coefficient (Wildman–Crippen LogP) is 3.70. The van der Waals surface area contributed by atoms with Crippen molar-refractivity contribution in [1.82, 2.24) is 15.2 Å². The molecule has 1 aliphatic carbocycles. The SMILES string of the molecule is O=C(N[C@H](c1ccccn1)C1CCN(Cc2ccccc2F)CC1)C1CC1. The van der Waals surface area contributed by atoms with Gasteiger partial charge in [0.15, 0.2) is 0 Å². The normalized spacial score (nSPS) is 19.6. The van der Waals surface area contributed by atoms with Gasteiger partial charge in [0.2, 0.25) is 5.91 Å². The minimum Gasteiger partial charge on any atom is -0.347 e. The zero-order valence-corrected chi connectivity index (χ0v) is 15.5. The molecule has 0 bridgehead atoms. The highest BCUT2D eigenvalue weighted by Gasteiger charge is 2.35. The Morgan fingerprint density at radius 1 is 1.11 bits per heavy atom. The van der Waals surface area contributed by atoms with Gasteiger partial charge in [-0.15, -0.1) is 0 Å². The van der Waals surface area contributed by atoms with Gasteiger partial charge in [-0.05, 0) is 62.9 Å². The van der Waals surface area contributed by atoms with Gasteiger partial charge in [-0.3, -0.25) is 14.7 Å². The minimum atomic E-state index is -0.136. The van der Waals surface area contributed by atoms with Crippen molar-refractivity contribution in [3.05, 3.63) is 65.7 Å². The third-order valence-electron chi connectivity index (χ3n) is 5.71. The number of carbonyl (C=O) groups excluding carboxylic acids is 1. The number of rotatable bonds is 6. The number of hydrogen-bond donors (Lipinski definition) is 1. The molecule has 1 aromatic carbocycles. The molecule has 1 saturated carbocycles. The van der Waals surface area contributed by atoms with Gasteiger partial charge in [0.25, 0.3) is 0 Å². The Morgan fingerprint density at radius 3 is 2.52 bits per heavy atom. The average molecular weight is 367 g/mol. The first-order valence-electron chi connectivity index (χ1n) is 9.88. The van der Waals surface area contributed by atoms with Crippen molar-refractivity contribution in [1.29, 1.82) is 0 Å². The quantitative estimate of drug-likeness (QED) is 0.847. The second kappa shape index (κ2) is 8.17. The van der Waals surface area contributed by atoms with Crippen LogP contribution < -0.4 is 5.32 Å². The third-order valence-corrected chi connectivity index (χ3v) is 5.71. The first-order valence-corrected chi connectivity index (χ1v) is 9.88. The van der Waals surface area contributed by atoms with E-state index in [-0.39, 0.29) is 23.7 Å². The molecule has 27 heavy (non-hydrogen) atoms. The number of pyridine rings is 1. The molecule has 1 amide bonds. The Bertz CT molecular complexity index is 770. The Kier molecular flexibility index (Phi) is 5.48. The Morgan fingerprint density at radius 2 is 1.85 bits per heavy atom. The fourth-order valence-electron chi connectivity index (χ4n) is 3.92. The standard InChI is InChI=1S/C22H26FN3O/c23-19-6-2-1-5-18(19)15-26-13-10-16(11-14-26)21(20-7-3-4-12-24-20)25-22(27)17-8-9-17/h1-7,12,16-17,21H,8-11,13-15H2,(H,25,27)/t21-/m0/s1. The van der Waals surface area contributed by atoms with Crippen molar-refractivity contribution >= 4 is 5.91 Å². The topological polar surface area (TPSA) is 45.2 Å². The van der Waals surface area contributed by atoms with E-state index < -0.39 is 0 Å². The van der Waals surface area contributed by atoms with Gasteiger partial charge in [-0.25, -0.2) is 4.39 Å². The molecule has 2 fully saturated rings. The van der Waals surface area contributed by atoms with Crippen LogP contribution in [0.25, 0.3) is 0 Å². The minimum absolute atomic E-state index is 0.0325. The third kappa shape index (κ3) is 4.53. The highest BCUT2D eigenvalue weighted by molar-refractivity contribution is 5.81. The van der Waals surface area contributed by atoms with E-state index in [1.54, 1.807) is 12.3 Å². The van der Waals surface area contributed by atoms with Crippen molar-refractivity contribution in [2.45, 2.75) is 38.3 Å². The molecule has 2 aliphatic rings.